The van der Waals surface area contributed by atoms with Crippen molar-refractivity contribution >= 4 is 17.0 Å². The van der Waals surface area contributed by atoms with Gasteiger partial charge in [-0.15, -0.1) is 0 Å². The second-order valence-corrected chi connectivity index (χ2v) is 6.99. The molecule has 0 radical (unpaired) electrons. The van der Waals surface area contributed by atoms with Crippen molar-refractivity contribution in [3.63, 3.8) is 0 Å². The first kappa shape index (κ1) is 15.4. The molecule has 0 atom stereocenters. The first-order chi connectivity index (χ1) is 9.69. The van der Waals surface area contributed by atoms with E-state index >= 15 is 0 Å². The van der Waals surface area contributed by atoms with E-state index in [-0.39, 0.29) is 11.5 Å². The van der Waals surface area contributed by atoms with E-state index < -0.39 is 5.60 Å². The van der Waals surface area contributed by atoms with E-state index in [1.165, 1.54) is 10.9 Å². The maximum atomic E-state index is 11.8. The summed E-state index contributed by atoms with van der Waals surface area (Å²) in [6, 6.07) is 8.18. The van der Waals surface area contributed by atoms with Crippen LogP contribution in [0.2, 0.25) is 0 Å². The van der Waals surface area contributed by atoms with Crippen molar-refractivity contribution in [2.24, 2.45) is 0 Å². The molecule has 2 aromatic rings. The molecule has 114 valence electrons. The summed E-state index contributed by atoms with van der Waals surface area (Å²) in [7, 11) is 0. The molecule has 0 saturated heterocycles. The van der Waals surface area contributed by atoms with Crippen molar-refractivity contribution < 1.29 is 9.53 Å². The maximum Gasteiger partial charge on any atom is 0.407 e. The van der Waals surface area contributed by atoms with Crippen LogP contribution in [0.3, 0.4) is 0 Å². The highest BCUT2D eigenvalue weighted by molar-refractivity contribution is 5.84. The molecule has 0 saturated carbocycles. The van der Waals surface area contributed by atoms with E-state index in [1.807, 2.05) is 39.1 Å². The van der Waals surface area contributed by atoms with E-state index in [2.05, 4.69) is 36.3 Å². The molecule has 1 amide bonds. The van der Waals surface area contributed by atoms with E-state index in [1.54, 1.807) is 0 Å². The monoisotopic (exact) mass is 288 g/mol. The molecule has 0 aliphatic heterocycles. The molecule has 1 aromatic carbocycles. The van der Waals surface area contributed by atoms with Gasteiger partial charge in [0.15, 0.2) is 0 Å². The molecule has 0 aliphatic rings. The fraction of sp³-hybridized carbons (Fsp3) is 0.471. The van der Waals surface area contributed by atoms with Gasteiger partial charge in [0, 0.05) is 29.1 Å². The van der Waals surface area contributed by atoms with Crippen molar-refractivity contribution in [2.75, 3.05) is 6.54 Å². The van der Waals surface area contributed by atoms with Gasteiger partial charge in [0.05, 0.1) is 0 Å². The average molecular weight is 288 g/mol. The lowest BCUT2D eigenvalue weighted by Crippen LogP contribution is -2.39. The third kappa shape index (κ3) is 3.78. The number of amides is 1. The largest absolute Gasteiger partial charge is 0.444 e. The molecule has 0 fully saturated rings. The van der Waals surface area contributed by atoms with Crippen LogP contribution < -0.4 is 5.32 Å². The highest BCUT2D eigenvalue weighted by Gasteiger charge is 2.25. The quantitative estimate of drug-likeness (QED) is 0.898. The number of hydrogen-bond acceptors (Lipinski definition) is 2. The lowest BCUT2D eigenvalue weighted by molar-refractivity contribution is 0.0517. The molecule has 4 heteroatoms. The minimum absolute atomic E-state index is 0.184. The van der Waals surface area contributed by atoms with E-state index in [0.29, 0.717) is 6.54 Å². The zero-order valence-electron chi connectivity index (χ0n) is 13.4. The Hall–Kier alpha value is -1.97. The lowest BCUT2D eigenvalue weighted by Gasteiger charge is -2.26. The number of aromatic amines is 1. The summed E-state index contributed by atoms with van der Waals surface area (Å²) < 4.78 is 5.28. The van der Waals surface area contributed by atoms with E-state index in [0.717, 1.165) is 5.52 Å². The summed E-state index contributed by atoms with van der Waals surface area (Å²) in [4.78, 5) is 15.1. The molecular formula is C17H24N2O2. The minimum Gasteiger partial charge on any atom is -0.444 e. The Bertz CT molecular complexity index is 636. The number of aromatic nitrogens is 1. The maximum absolute atomic E-state index is 11.8. The molecule has 4 nitrogen and oxygen atoms in total. The molecule has 0 unspecified atom stereocenters. The number of alkyl carbamates (subject to hydrolysis) is 1. The van der Waals surface area contributed by atoms with Gasteiger partial charge in [-0.3, -0.25) is 0 Å². The molecule has 0 aliphatic carbocycles. The van der Waals surface area contributed by atoms with Gasteiger partial charge in [-0.1, -0.05) is 32.0 Å². The predicted octanol–water partition coefficient (Wildman–Crippen LogP) is 3.97. The van der Waals surface area contributed by atoms with Gasteiger partial charge in [0.25, 0.3) is 0 Å². The third-order valence-electron chi connectivity index (χ3n) is 3.39. The number of para-hydroxylation sites is 1. The molecule has 0 spiro atoms. The van der Waals surface area contributed by atoms with E-state index in [4.69, 9.17) is 4.74 Å². The molecule has 1 aromatic heterocycles. The SMILES string of the molecule is CC(C)(C)OC(=O)NCC(C)(C)c1c[nH]c2ccccc12. The molecule has 0 bridgehead atoms. The number of benzene rings is 1. The Kier molecular flexibility index (Phi) is 3.99. The Morgan fingerprint density at radius 1 is 1.19 bits per heavy atom. The Labute approximate surface area is 125 Å². The smallest absolute Gasteiger partial charge is 0.407 e. The Balaban J connectivity index is 2.10. The molecule has 1 heterocycles. The first-order valence-electron chi connectivity index (χ1n) is 7.22. The summed E-state index contributed by atoms with van der Waals surface area (Å²) in [5.74, 6) is 0. The van der Waals surface area contributed by atoms with Crippen molar-refractivity contribution in [3.05, 3.63) is 36.0 Å². The van der Waals surface area contributed by atoms with Gasteiger partial charge in [-0.25, -0.2) is 4.79 Å². The Morgan fingerprint density at radius 2 is 1.86 bits per heavy atom. The number of fused-ring (bicyclic) bond motifs is 1. The second-order valence-electron chi connectivity index (χ2n) is 6.99. The standard InChI is InChI=1S/C17H24N2O2/c1-16(2,3)21-15(20)19-11-17(4,5)13-10-18-14-9-7-6-8-12(13)14/h6-10,18H,11H2,1-5H3,(H,19,20). The van der Waals surface area contributed by atoms with Crippen LogP contribution >= 0.6 is 0 Å². The van der Waals surface area contributed by atoms with Crippen LogP contribution in [-0.4, -0.2) is 23.2 Å². The average Bonchev–Trinajstić information content (AvgIpc) is 2.79. The van der Waals surface area contributed by atoms with Gasteiger partial charge < -0.3 is 15.0 Å². The number of ether oxygens (including phenoxy) is 1. The topological polar surface area (TPSA) is 54.1 Å². The number of carbonyl (C=O) groups is 1. The van der Waals surface area contributed by atoms with Crippen LogP contribution in [0.4, 0.5) is 4.79 Å². The fourth-order valence-corrected chi connectivity index (χ4v) is 2.33. The summed E-state index contributed by atoms with van der Waals surface area (Å²) in [6.07, 6.45) is 1.64. The highest BCUT2D eigenvalue weighted by atomic mass is 16.6. The number of H-pyrrole nitrogens is 1. The van der Waals surface area contributed by atoms with E-state index in [9.17, 15) is 4.79 Å². The number of nitrogens with one attached hydrogen (secondary N) is 2. The summed E-state index contributed by atoms with van der Waals surface area (Å²) in [6.45, 7) is 10.3. The van der Waals surface area contributed by atoms with Crippen molar-refractivity contribution in [3.8, 4) is 0 Å². The third-order valence-corrected chi connectivity index (χ3v) is 3.39. The number of carbonyl (C=O) groups excluding carboxylic acids is 1. The van der Waals surface area contributed by atoms with Crippen molar-refractivity contribution in [1.29, 1.82) is 0 Å². The minimum atomic E-state index is -0.477. The molecular weight excluding hydrogens is 264 g/mol. The van der Waals surface area contributed by atoms with Crippen LogP contribution in [-0.2, 0) is 10.2 Å². The predicted molar refractivity (Wildman–Crippen MR) is 85.6 cm³/mol. The normalized spacial score (nSPS) is 12.4. The van der Waals surface area contributed by atoms with Gasteiger partial charge in [0.2, 0.25) is 0 Å². The fourth-order valence-electron chi connectivity index (χ4n) is 2.33. The van der Waals surface area contributed by atoms with Crippen LogP contribution in [0.15, 0.2) is 30.5 Å². The van der Waals surface area contributed by atoms with Crippen LogP contribution in [0.5, 0.6) is 0 Å². The van der Waals surface area contributed by atoms with Crippen molar-refractivity contribution in [2.45, 2.75) is 45.6 Å². The van der Waals surface area contributed by atoms with Crippen LogP contribution in [0.1, 0.15) is 40.2 Å². The molecule has 2 N–H and O–H groups in total. The van der Waals surface area contributed by atoms with Gasteiger partial charge in [-0.2, -0.15) is 0 Å². The number of rotatable bonds is 3. The lowest BCUT2D eigenvalue weighted by atomic mass is 9.84. The summed E-state index contributed by atoms with van der Waals surface area (Å²) in [5.41, 5.74) is 1.64. The van der Waals surface area contributed by atoms with Gasteiger partial charge in [-0.05, 0) is 32.4 Å². The zero-order valence-corrected chi connectivity index (χ0v) is 13.4. The molecule has 21 heavy (non-hydrogen) atoms. The van der Waals surface area contributed by atoms with Crippen LogP contribution in [0.25, 0.3) is 10.9 Å². The Morgan fingerprint density at radius 3 is 2.52 bits per heavy atom. The van der Waals surface area contributed by atoms with Gasteiger partial charge in [0.1, 0.15) is 5.60 Å². The first-order valence-corrected chi connectivity index (χ1v) is 7.22. The summed E-state index contributed by atoms with van der Waals surface area (Å²) >= 11 is 0. The summed E-state index contributed by atoms with van der Waals surface area (Å²) in [5, 5.41) is 4.05. The second kappa shape index (κ2) is 5.43. The molecule has 2 rings (SSSR count). The van der Waals surface area contributed by atoms with Crippen molar-refractivity contribution in [1.82, 2.24) is 10.3 Å². The zero-order chi connectivity index (χ0) is 15.7. The number of hydrogen-bond donors (Lipinski definition) is 2. The van der Waals surface area contributed by atoms with Gasteiger partial charge >= 0.3 is 6.09 Å². The highest BCUT2D eigenvalue weighted by Crippen LogP contribution is 2.29. The van der Waals surface area contributed by atoms with Crippen LogP contribution in [0, 0.1) is 0 Å².